The lowest BCUT2D eigenvalue weighted by atomic mass is 10.1. The number of piperazine rings is 1. The molecule has 1 aliphatic heterocycles. The van der Waals surface area contributed by atoms with E-state index < -0.39 is 0 Å². The van der Waals surface area contributed by atoms with Crippen molar-refractivity contribution in [3.8, 4) is 11.3 Å². The fraction of sp³-hybridized carbons (Fsp3) is 0.520. The Balaban J connectivity index is 1.52. The SMILES string of the molecule is CCCCOC(=O)N1CCN(C(=O)CNC(=O)c2nc(-c3ccccc3)c(CCCOC)s2)CC1. The highest BCUT2D eigenvalue weighted by Gasteiger charge is 2.25. The van der Waals surface area contributed by atoms with Gasteiger partial charge in [-0.1, -0.05) is 43.7 Å². The fourth-order valence-corrected chi connectivity index (χ4v) is 4.74. The molecule has 10 heteroatoms. The van der Waals surface area contributed by atoms with Crippen LogP contribution in [0.15, 0.2) is 30.3 Å². The van der Waals surface area contributed by atoms with Crippen molar-refractivity contribution in [2.75, 3.05) is 53.0 Å². The Bertz CT molecular complexity index is 973. The van der Waals surface area contributed by atoms with Crippen molar-refractivity contribution < 1.29 is 23.9 Å². The van der Waals surface area contributed by atoms with E-state index in [4.69, 9.17) is 9.47 Å². The number of aromatic nitrogens is 1. The summed E-state index contributed by atoms with van der Waals surface area (Å²) < 4.78 is 10.4. The van der Waals surface area contributed by atoms with E-state index in [9.17, 15) is 14.4 Å². The largest absolute Gasteiger partial charge is 0.449 e. The number of thiazole rings is 1. The lowest BCUT2D eigenvalue weighted by Crippen LogP contribution is -2.52. The Morgan fingerprint density at radius 2 is 1.74 bits per heavy atom. The fourth-order valence-electron chi connectivity index (χ4n) is 3.69. The normalized spacial score (nSPS) is 13.5. The van der Waals surface area contributed by atoms with E-state index in [1.165, 1.54) is 11.3 Å². The third-order valence-electron chi connectivity index (χ3n) is 5.71. The molecular formula is C25H34N4O5S. The summed E-state index contributed by atoms with van der Waals surface area (Å²) in [7, 11) is 1.67. The lowest BCUT2D eigenvalue weighted by molar-refractivity contribution is -0.131. The molecule has 9 nitrogen and oxygen atoms in total. The van der Waals surface area contributed by atoms with Crippen molar-refractivity contribution >= 4 is 29.2 Å². The Labute approximate surface area is 210 Å². The zero-order valence-electron chi connectivity index (χ0n) is 20.5. The summed E-state index contributed by atoms with van der Waals surface area (Å²) in [5, 5.41) is 3.05. The number of rotatable bonds is 11. The van der Waals surface area contributed by atoms with Gasteiger partial charge in [-0.3, -0.25) is 9.59 Å². The van der Waals surface area contributed by atoms with Crippen LogP contribution in [0.4, 0.5) is 4.79 Å². The first-order valence-electron chi connectivity index (χ1n) is 12.0. The van der Waals surface area contributed by atoms with Crippen LogP contribution in [0, 0.1) is 0 Å². The number of hydrogen-bond donors (Lipinski definition) is 1. The maximum Gasteiger partial charge on any atom is 0.409 e. The van der Waals surface area contributed by atoms with Crippen molar-refractivity contribution in [2.24, 2.45) is 0 Å². The van der Waals surface area contributed by atoms with Crippen molar-refractivity contribution in [1.29, 1.82) is 0 Å². The minimum Gasteiger partial charge on any atom is -0.449 e. The predicted molar refractivity (Wildman–Crippen MR) is 134 cm³/mol. The summed E-state index contributed by atoms with van der Waals surface area (Å²) in [5.74, 6) is -0.547. The molecule has 0 bridgehead atoms. The summed E-state index contributed by atoms with van der Waals surface area (Å²) in [6.45, 7) is 4.63. The van der Waals surface area contributed by atoms with Crippen LogP contribution >= 0.6 is 11.3 Å². The van der Waals surface area contributed by atoms with E-state index >= 15 is 0 Å². The second kappa shape index (κ2) is 13.8. The van der Waals surface area contributed by atoms with Gasteiger partial charge in [-0.2, -0.15) is 0 Å². The number of hydrogen-bond acceptors (Lipinski definition) is 7. The molecule has 1 aliphatic rings. The van der Waals surface area contributed by atoms with E-state index in [0.29, 0.717) is 44.4 Å². The van der Waals surface area contributed by atoms with Gasteiger partial charge in [-0.05, 0) is 19.3 Å². The summed E-state index contributed by atoms with van der Waals surface area (Å²) in [5.41, 5.74) is 1.75. The summed E-state index contributed by atoms with van der Waals surface area (Å²) in [6, 6.07) is 9.76. The van der Waals surface area contributed by atoms with Crippen LogP contribution in [0.5, 0.6) is 0 Å². The van der Waals surface area contributed by atoms with Gasteiger partial charge < -0.3 is 24.6 Å². The molecule has 0 atom stereocenters. The van der Waals surface area contributed by atoms with Gasteiger partial charge in [0.1, 0.15) is 0 Å². The average molecular weight is 503 g/mol. The van der Waals surface area contributed by atoms with E-state index in [0.717, 1.165) is 41.8 Å². The highest BCUT2D eigenvalue weighted by atomic mass is 32.1. The molecule has 190 valence electrons. The molecule has 1 N–H and O–H groups in total. The number of nitrogens with zero attached hydrogens (tertiary/aromatic N) is 3. The van der Waals surface area contributed by atoms with Crippen LogP contribution in [-0.4, -0.2) is 85.7 Å². The molecule has 0 unspecified atom stereocenters. The minimum atomic E-state index is -0.364. The molecule has 0 spiro atoms. The summed E-state index contributed by atoms with van der Waals surface area (Å²) >= 11 is 1.35. The Morgan fingerprint density at radius 3 is 2.43 bits per heavy atom. The molecule has 1 saturated heterocycles. The zero-order chi connectivity index (χ0) is 25.0. The molecule has 35 heavy (non-hydrogen) atoms. The van der Waals surface area contributed by atoms with Crippen LogP contribution in [0.25, 0.3) is 11.3 Å². The third kappa shape index (κ3) is 7.76. The summed E-state index contributed by atoms with van der Waals surface area (Å²) in [6.07, 6.45) is 3.05. The quantitative estimate of drug-likeness (QED) is 0.474. The van der Waals surface area contributed by atoms with Gasteiger partial charge >= 0.3 is 6.09 Å². The van der Waals surface area contributed by atoms with Crippen molar-refractivity contribution in [1.82, 2.24) is 20.1 Å². The number of carbonyl (C=O) groups is 3. The first-order chi connectivity index (χ1) is 17.0. The molecule has 0 saturated carbocycles. The van der Waals surface area contributed by atoms with E-state index in [1.807, 2.05) is 37.3 Å². The van der Waals surface area contributed by atoms with Gasteiger partial charge in [0.2, 0.25) is 5.91 Å². The van der Waals surface area contributed by atoms with E-state index in [2.05, 4.69) is 10.3 Å². The van der Waals surface area contributed by atoms with Gasteiger partial charge in [0.15, 0.2) is 5.01 Å². The van der Waals surface area contributed by atoms with Crippen molar-refractivity contribution in [3.63, 3.8) is 0 Å². The van der Waals surface area contributed by atoms with Gasteiger partial charge in [-0.25, -0.2) is 9.78 Å². The average Bonchev–Trinajstić information content (AvgIpc) is 3.32. The predicted octanol–water partition coefficient (Wildman–Crippen LogP) is 3.20. The van der Waals surface area contributed by atoms with Crippen molar-refractivity contribution in [2.45, 2.75) is 32.6 Å². The number of ether oxygens (including phenoxy) is 2. The molecule has 0 aliphatic carbocycles. The third-order valence-corrected chi connectivity index (χ3v) is 6.82. The topological polar surface area (TPSA) is 101 Å². The van der Waals surface area contributed by atoms with Crippen LogP contribution in [0.1, 0.15) is 40.9 Å². The number of aryl methyl sites for hydroxylation is 1. The van der Waals surface area contributed by atoms with Crippen LogP contribution in [0.3, 0.4) is 0 Å². The summed E-state index contributed by atoms with van der Waals surface area (Å²) in [4.78, 5) is 46.4. The smallest absolute Gasteiger partial charge is 0.409 e. The molecule has 3 amide bonds. The van der Waals surface area contributed by atoms with Crippen LogP contribution < -0.4 is 5.32 Å². The maximum atomic E-state index is 12.8. The lowest BCUT2D eigenvalue weighted by Gasteiger charge is -2.34. The molecule has 1 fully saturated rings. The van der Waals surface area contributed by atoms with E-state index in [-0.39, 0.29) is 24.5 Å². The molecule has 2 heterocycles. The Morgan fingerprint density at radius 1 is 1.03 bits per heavy atom. The van der Waals surface area contributed by atoms with Gasteiger partial charge in [0, 0.05) is 50.3 Å². The van der Waals surface area contributed by atoms with Gasteiger partial charge in [0.25, 0.3) is 5.91 Å². The standard InChI is InChI=1S/C25H34N4O5S/c1-3-4-17-34-25(32)29-14-12-28(13-15-29)21(30)18-26-23(31)24-27-22(19-9-6-5-7-10-19)20(35-24)11-8-16-33-2/h5-7,9-10H,3-4,8,11-18H2,1-2H3,(H,26,31). The molecule has 0 radical (unpaired) electrons. The monoisotopic (exact) mass is 502 g/mol. The molecular weight excluding hydrogens is 468 g/mol. The number of benzene rings is 1. The second-order valence-electron chi connectivity index (χ2n) is 8.27. The molecule has 1 aromatic heterocycles. The number of nitrogens with one attached hydrogen (secondary N) is 1. The minimum absolute atomic E-state index is 0.112. The maximum absolute atomic E-state index is 12.8. The van der Waals surface area contributed by atoms with E-state index in [1.54, 1.807) is 16.9 Å². The second-order valence-corrected chi connectivity index (χ2v) is 9.36. The number of amides is 3. The van der Waals surface area contributed by atoms with Gasteiger partial charge in [-0.15, -0.1) is 11.3 Å². The number of unbranched alkanes of at least 4 members (excludes halogenated alkanes) is 1. The molecule has 3 rings (SSSR count). The van der Waals surface area contributed by atoms with Crippen molar-refractivity contribution in [3.05, 3.63) is 40.2 Å². The van der Waals surface area contributed by atoms with Crippen LogP contribution in [-0.2, 0) is 20.7 Å². The Hall–Kier alpha value is -2.98. The first kappa shape index (κ1) is 26.6. The van der Waals surface area contributed by atoms with Crippen LogP contribution in [0.2, 0.25) is 0 Å². The number of methoxy groups -OCH3 is 1. The molecule has 2 aromatic rings. The molecule has 1 aromatic carbocycles. The van der Waals surface area contributed by atoms with Gasteiger partial charge in [0.05, 0.1) is 18.8 Å². The Kier molecular flexibility index (Phi) is 10.5. The highest BCUT2D eigenvalue weighted by Crippen LogP contribution is 2.29. The first-order valence-corrected chi connectivity index (χ1v) is 12.9. The number of carbonyl (C=O) groups excluding carboxylic acids is 3. The highest BCUT2D eigenvalue weighted by molar-refractivity contribution is 7.14. The zero-order valence-corrected chi connectivity index (χ0v) is 21.3.